The van der Waals surface area contributed by atoms with E-state index in [1.165, 1.54) is 6.07 Å². The predicted molar refractivity (Wildman–Crippen MR) is 69.1 cm³/mol. The lowest BCUT2D eigenvalue weighted by Crippen LogP contribution is -1.98. The van der Waals surface area contributed by atoms with Crippen molar-refractivity contribution in [3.8, 4) is 16.3 Å². The molecule has 1 heterocycles. The van der Waals surface area contributed by atoms with Crippen LogP contribution in [0, 0.1) is 0 Å². The highest BCUT2D eigenvalue weighted by atomic mass is 32.1. The average Bonchev–Trinajstić information content (AvgIpc) is 2.35. The molecule has 0 radical (unpaired) electrons. The molecule has 0 bridgehead atoms. The molecule has 0 saturated carbocycles. The number of aromatic nitrogens is 1. The Hall–Kier alpha value is -1.94. The second-order valence-electron chi connectivity index (χ2n) is 3.65. The molecule has 1 aromatic rings. The molecule has 0 saturated heterocycles. The second kappa shape index (κ2) is 3.82. The summed E-state index contributed by atoms with van der Waals surface area (Å²) in [5, 5.41) is 0. The van der Waals surface area contributed by atoms with Gasteiger partial charge in [0, 0.05) is 6.07 Å². The van der Waals surface area contributed by atoms with Crippen LogP contribution in [0.5, 0.6) is 5.75 Å². The molecular weight excluding hydrogens is 234 g/mol. The lowest BCUT2D eigenvalue weighted by Gasteiger charge is -2.08. The Labute approximate surface area is 102 Å². The van der Waals surface area contributed by atoms with Crippen LogP contribution in [0.15, 0.2) is 41.2 Å². The van der Waals surface area contributed by atoms with E-state index in [0.717, 1.165) is 26.5 Å². The van der Waals surface area contributed by atoms with Crippen LogP contribution in [0.25, 0.3) is 20.8 Å². The molecule has 0 fully saturated rings. The zero-order valence-corrected chi connectivity index (χ0v) is 9.95. The molecule has 84 valence electrons. The Morgan fingerprint density at radius 1 is 1.24 bits per heavy atom. The van der Waals surface area contributed by atoms with E-state index in [1.807, 2.05) is 18.2 Å². The molecule has 0 aromatic heterocycles. The van der Waals surface area contributed by atoms with Gasteiger partial charge in [-0.3, -0.25) is 4.79 Å². The molecule has 1 aliphatic heterocycles. The summed E-state index contributed by atoms with van der Waals surface area (Å²) in [6, 6.07) is 10.7. The average molecular weight is 243 g/mol. The number of methoxy groups -OCH3 is 1. The zero-order chi connectivity index (χ0) is 11.8. The van der Waals surface area contributed by atoms with Gasteiger partial charge in [-0.05, 0) is 24.3 Å². The van der Waals surface area contributed by atoms with E-state index in [2.05, 4.69) is 4.98 Å². The lowest BCUT2D eigenvalue weighted by atomic mass is 10.2. The maximum absolute atomic E-state index is 11.3. The third-order valence-corrected chi connectivity index (χ3v) is 3.66. The topological polar surface area (TPSA) is 39.2 Å². The molecule has 3 rings (SSSR count). The van der Waals surface area contributed by atoms with E-state index in [0.29, 0.717) is 0 Å². The molecule has 0 amide bonds. The molecule has 17 heavy (non-hydrogen) atoms. The van der Waals surface area contributed by atoms with Gasteiger partial charge in [0.15, 0.2) is 5.43 Å². The molecular formula is C13H9NO2S. The van der Waals surface area contributed by atoms with Crippen LogP contribution in [0.2, 0.25) is 0 Å². The Kier molecular flexibility index (Phi) is 2.30. The fourth-order valence-corrected chi connectivity index (χ4v) is 2.79. The van der Waals surface area contributed by atoms with Crippen LogP contribution in [-0.2, 0) is 0 Å². The zero-order valence-electron chi connectivity index (χ0n) is 9.14. The van der Waals surface area contributed by atoms with E-state index < -0.39 is 0 Å². The van der Waals surface area contributed by atoms with Gasteiger partial charge in [-0.1, -0.05) is 6.07 Å². The number of hydrogen-bond acceptors (Lipinski definition) is 4. The van der Waals surface area contributed by atoms with Crippen molar-refractivity contribution in [3.05, 3.63) is 46.6 Å². The van der Waals surface area contributed by atoms with Crippen LogP contribution in [-0.4, -0.2) is 12.1 Å². The third kappa shape index (κ3) is 1.66. The van der Waals surface area contributed by atoms with E-state index in [9.17, 15) is 4.79 Å². The number of benzene rings is 2. The molecule has 4 heteroatoms. The van der Waals surface area contributed by atoms with E-state index in [1.54, 1.807) is 30.6 Å². The predicted octanol–water partition coefficient (Wildman–Crippen LogP) is 2.77. The maximum Gasteiger partial charge on any atom is 0.180 e. The molecule has 3 nitrogen and oxygen atoms in total. The van der Waals surface area contributed by atoms with E-state index in [-0.39, 0.29) is 5.43 Å². The first kappa shape index (κ1) is 10.2. The van der Waals surface area contributed by atoms with E-state index >= 15 is 0 Å². The Balaban J connectivity index is 2.45. The standard InChI is InChI=1S/C13H9NO2S/c1-16-10-3-2-4-11-13(10)14-9-6-5-8(15)7-12(9)17-11/h2-7H,1H3. The molecule has 0 atom stereocenters. The number of para-hydroxylation sites is 1. The summed E-state index contributed by atoms with van der Waals surface area (Å²) in [6.45, 7) is 0. The van der Waals surface area contributed by atoms with Crippen LogP contribution in [0.3, 0.4) is 0 Å². The van der Waals surface area contributed by atoms with Crippen LogP contribution >= 0.6 is 11.3 Å². The van der Waals surface area contributed by atoms with Crippen LogP contribution in [0.4, 0.5) is 0 Å². The highest BCUT2D eigenvalue weighted by Gasteiger charge is 2.09. The third-order valence-electron chi connectivity index (χ3n) is 2.57. The summed E-state index contributed by atoms with van der Waals surface area (Å²) >= 11 is 1.55. The van der Waals surface area contributed by atoms with Crippen molar-refractivity contribution in [1.29, 1.82) is 0 Å². The first-order chi connectivity index (χ1) is 8.28. The SMILES string of the molecule is COc1cccc2sc3cc(=O)ccc-3nc12. The first-order valence-electron chi connectivity index (χ1n) is 5.15. The van der Waals surface area contributed by atoms with Gasteiger partial charge in [0.2, 0.25) is 0 Å². The van der Waals surface area contributed by atoms with Gasteiger partial charge >= 0.3 is 0 Å². The van der Waals surface area contributed by atoms with Gasteiger partial charge in [-0.25, -0.2) is 4.98 Å². The van der Waals surface area contributed by atoms with Crippen molar-refractivity contribution in [2.45, 2.75) is 0 Å². The Morgan fingerprint density at radius 2 is 2.12 bits per heavy atom. The van der Waals surface area contributed by atoms with Gasteiger partial charge in [-0.15, -0.1) is 11.3 Å². The highest BCUT2D eigenvalue weighted by molar-refractivity contribution is 7.21. The summed E-state index contributed by atoms with van der Waals surface area (Å²) in [5.41, 5.74) is 1.68. The van der Waals surface area contributed by atoms with Crippen LogP contribution in [0.1, 0.15) is 0 Å². The fourth-order valence-electron chi connectivity index (χ4n) is 1.77. The smallest absolute Gasteiger partial charge is 0.180 e. The quantitative estimate of drug-likeness (QED) is 0.617. The fraction of sp³-hybridized carbons (Fsp3) is 0.0769. The van der Waals surface area contributed by atoms with Crippen molar-refractivity contribution in [1.82, 2.24) is 4.98 Å². The molecule has 0 N–H and O–H groups in total. The van der Waals surface area contributed by atoms with Gasteiger partial charge in [0.05, 0.1) is 22.4 Å². The van der Waals surface area contributed by atoms with Crippen LogP contribution < -0.4 is 10.2 Å². The van der Waals surface area contributed by atoms with E-state index in [4.69, 9.17) is 4.74 Å². The molecule has 0 spiro atoms. The maximum atomic E-state index is 11.3. The van der Waals surface area contributed by atoms with Crippen molar-refractivity contribution < 1.29 is 4.74 Å². The summed E-state index contributed by atoms with van der Waals surface area (Å²) in [7, 11) is 1.63. The van der Waals surface area contributed by atoms with Gasteiger partial charge in [0.25, 0.3) is 0 Å². The Bertz CT molecular complexity index is 720. The minimum atomic E-state index is 0.0118. The van der Waals surface area contributed by atoms with Crippen molar-refractivity contribution >= 4 is 21.6 Å². The first-order valence-corrected chi connectivity index (χ1v) is 5.97. The van der Waals surface area contributed by atoms with Crippen molar-refractivity contribution in [2.75, 3.05) is 7.11 Å². The number of fused-ring (bicyclic) bond motifs is 2. The molecule has 1 aliphatic carbocycles. The number of ether oxygens (including phenoxy) is 1. The van der Waals surface area contributed by atoms with Crippen molar-refractivity contribution in [3.63, 3.8) is 0 Å². The monoisotopic (exact) mass is 243 g/mol. The summed E-state index contributed by atoms with van der Waals surface area (Å²) in [5.74, 6) is 0.756. The molecule has 0 unspecified atom stereocenters. The summed E-state index contributed by atoms with van der Waals surface area (Å²) < 4.78 is 6.30. The number of hydrogen-bond donors (Lipinski definition) is 0. The van der Waals surface area contributed by atoms with Gasteiger partial charge in [0.1, 0.15) is 11.3 Å². The van der Waals surface area contributed by atoms with Crippen molar-refractivity contribution in [2.24, 2.45) is 0 Å². The van der Waals surface area contributed by atoms with Gasteiger partial charge < -0.3 is 4.74 Å². The summed E-state index contributed by atoms with van der Waals surface area (Å²) in [6.07, 6.45) is 0. The highest BCUT2D eigenvalue weighted by Crippen LogP contribution is 2.33. The largest absolute Gasteiger partial charge is 0.494 e. The minimum Gasteiger partial charge on any atom is -0.494 e. The minimum absolute atomic E-state index is 0.0118. The lowest BCUT2D eigenvalue weighted by molar-refractivity contribution is 0.419. The second-order valence-corrected chi connectivity index (χ2v) is 4.73. The normalized spacial score (nSPS) is 10.9. The molecule has 1 aromatic carbocycles. The Morgan fingerprint density at radius 3 is 2.94 bits per heavy atom. The number of nitrogens with zero attached hydrogens (tertiary/aromatic N) is 1. The molecule has 2 aliphatic rings. The summed E-state index contributed by atoms with van der Waals surface area (Å²) in [4.78, 5) is 16.7. The van der Waals surface area contributed by atoms with Gasteiger partial charge in [-0.2, -0.15) is 0 Å². The number of rotatable bonds is 1.